The van der Waals surface area contributed by atoms with Crippen molar-refractivity contribution in [2.24, 2.45) is 5.92 Å². The molecule has 35 heavy (non-hydrogen) atoms. The second-order valence-electron chi connectivity index (χ2n) is 11.2. The van der Waals surface area contributed by atoms with Crippen molar-refractivity contribution >= 4 is 34.1 Å². The molecule has 4 heterocycles. The molecule has 3 aliphatic rings. The summed E-state index contributed by atoms with van der Waals surface area (Å²) in [5, 5.41) is 16.2. The van der Waals surface area contributed by atoms with Gasteiger partial charge in [0.1, 0.15) is 5.82 Å². The van der Waals surface area contributed by atoms with Gasteiger partial charge in [0.25, 0.3) is 0 Å². The third-order valence-electron chi connectivity index (χ3n) is 8.20. The number of carbonyl (C=O) groups excluding carboxylic acids is 1. The summed E-state index contributed by atoms with van der Waals surface area (Å²) < 4.78 is 11.3. The first kappa shape index (κ1) is 24.9. The van der Waals surface area contributed by atoms with Gasteiger partial charge in [-0.15, -0.1) is 0 Å². The number of benzene rings is 1. The fourth-order valence-corrected chi connectivity index (χ4v) is 6.23. The van der Waals surface area contributed by atoms with Gasteiger partial charge < -0.3 is 19.9 Å². The number of hydrogen-bond acceptors (Lipinski definition) is 6. The first-order valence-corrected chi connectivity index (χ1v) is 13.1. The van der Waals surface area contributed by atoms with Crippen molar-refractivity contribution in [3.63, 3.8) is 0 Å². The average Bonchev–Trinajstić information content (AvgIpc) is 3.17. The van der Waals surface area contributed by atoms with Crippen LogP contribution in [0, 0.1) is 5.92 Å². The van der Waals surface area contributed by atoms with Gasteiger partial charge in [-0.05, 0) is 94.6 Å². The standard InChI is InChI=1S/C27H36ClN3O4/c1-26(2)13-18(6-9-35-26)25(33)30-24-12-19-10-21(22(28)11-20(19)14-29-24)17-4-7-31(8-5-17)27(3)16-34-15-23(27)32/h10-12,14,17-18,23,32H,4-9,13,15-16H2,1-3H3,(H,29,30,33)/t18-,23+,27-/m0/s1. The Labute approximate surface area is 212 Å². The minimum atomic E-state index is -0.448. The maximum atomic E-state index is 12.9. The fourth-order valence-electron chi connectivity index (χ4n) is 5.90. The summed E-state index contributed by atoms with van der Waals surface area (Å²) in [6.07, 6.45) is 4.70. The molecule has 0 spiro atoms. The van der Waals surface area contributed by atoms with Gasteiger partial charge in [0.15, 0.2) is 0 Å². The van der Waals surface area contributed by atoms with Gasteiger partial charge in [-0.1, -0.05) is 11.6 Å². The fraction of sp³-hybridized carbons (Fsp3) is 0.630. The molecule has 1 aromatic carbocycles. The number of anilines is 1. The maximum absolute atomic E-state index is 12.9. The van der Waals surface area contributed by atoms with Crippen LogP contribution in [0.25, 0.3) is 10.8 Å². The Kier molecular flexibility index (Phi) is 6.83. The van der Waals surface area contributed by atoms with Gasteiger partial charge in [0, 0.05) is 29.1 Å². The number of halogens is 1. The van der Waals surface area contributed by atoms with Gasteiger partial charge >= 0.3 is 0 Å². The zero-order valence-electron chi connectivity index (χ0n) is 20.8. The minimum Gasteiger partial charge on any atom is -0.389 e. The lowest BCUT2D eigenvalue weighted by Gasteiger charge is -2.43. The number of ether oxygens (including phenoxy) is 2. The molecule has 1 amide bonds. The van der Waals surface area contributed by atoms with Crippen LogP contribution in [-0.4, -0.2) is 71.1 Å². The monoisotopic (exact) mass is 501 g/mol. The van der Waals surface area contributed by atoms with Crippen LogP contribution >= 0.6 is 11.6 Å². The molecular formula is C27H36ClN3O4. The first-order chi connectivity index (χ1) is 16.6. The van der Waals surface area contributed by atoms with E-state index in [1.54, 1.807) is 6.20 Å². The highest BCUT2D eigenvalue weighted by atomic mass is 35.5. The van der Waals surface area contributed by atoms with E-state index >= 15 is 0 Å². The van der Waals surface area contributed by atoms with Crippen LogP contribution in [0.5, 0.6) is 0 Å². The lowest BCUT2D eigenvalue weighted by Crippen LogP contribution is -2.56. The van der Waals surface area contributed by atoms with Crippen LogP contribution in [-0.2, 0) is 14.3 Å². The Hall–Kier alpha value is -1.77. The van der Waals surface area contributed by atoms with Crippen LogP contribution in [0.1, 0.15) is 57.9 Å². The molecular weight excluding hydrogens is 466 g/mol. The van der Waals surface area contributed by atoms with Gasteiger partial charge in [-0.3, -0.25) is 9.69 Å². The molecule has 3 fully saturated rings. The number of hydrogen-bond donors (Lipinski definition) is 2. The van der Waals surface area contributed by atoms with E-state index in [0.717, 1.165) is 53.7 Å². The molecule has 3 aliphatic heterocycles. The highest BCUT2D eigenvalue weighted by Gasteiger charge is 2.45. The number of amides is 1. The molecule has 7 nitrogen and oxygen atoms in total. The van der Waals surface area contributed by atoms with E-state index in [1.165, 1.54) is 0 Å². The van der Waals surface area contributed by atoms with E-state index in [0.29, 0.717) is 38.0 Å². The molecule has 0 unspecified atom stereocenters. The summed E-state index contributed by atoms with van der Waals surface area (Å²) in [4.78, 5) is 19.7. The Bertz CT molecular complexity index is 1100. The number of piperidine rings is 1. The van der Waals surface area contributed by atoms with E-state index in [2.05, 4.69) is 28.2 Å². The summed E-state index contributed by atoms with van der Waals surface area (Å²) >= 11 is 6.72. The summed E-state index contributed by atoms with van der Waals surface area (Å²) in [5.74, 6) is 0.842. The van der Waals surface area contributed by atoms with Crippen molar-refractivity contribution in [1.29, 1.82) is 0 Å². The van der Waals surface area contributed by atoms with Crippen LogP contribution in [0.15, 0.2) is 24.4 Å². The van der Waals surface area contributed by atoms with Gasteiger partial charge in [0.05, 0.1) is 30.5 Å². The molecule has 190 valence electrons. The van der Waals surface area contributed by atoms with Crippen molar-refractivity contribution < 1.29 is 19.4 Å². The molecule has 3 atom stereocenters. The second kappa shape index (κ2) is 9.60. The average molecular weight is 502 g/mol. The Morgan fingerprint density at radius 1 is 1.17 bits per heavy atom. The number of fused-ring (bicyclic) bond motifs is 1. The quantitative estimate of drug-likeness (QED) is 0.647. The molecule has 8 heteroatoms. The van der Waals surface area contributed by atoms with Crippen molar-refractivity contribution in [2.45, 2.75) is 69.6 Å². The number of nitrogens with zero attached hydrogens (tertiary/aromatic N) is 2. The number of nitrogens with one attached hydrogen (secondary N) is 1. The van der Waals surface area contributed by atoms with Crippen LogP contribution in [0.2, 0.25) is 5.02 Å². The van der Waals surface area contributed by atoms with E-state index in [9.17, 15) is 9.90 Å². The van der Waals surface area contributed by atoms with E-state index < -0.39 is 6.10 Å². The molecule has 0 saturated carbocycles. The molecule has 2 aromatic rings. The predicted octanol–water partition coefficient (Wildman–Crippen LogP) is 4.36. The summed E-state index contributed by atoms with van der Waals surface area (Å²) in [6.45, 7) is 9.53. The topological polar surface area (TPSA) is 83.9 Å². The van der Waals surface area contributed by atoms with Crippen LogP contribution < -0.4 is 5.32 Å². The smallest absolute Gasteiger partial charge is 0.228 e. The second-order valence-corrected chi connectivity index (χ2v) is 11.6. The van der Waals surface area contributed by atoms with Crippen LogP contribution in [0.3, 0.4) is 0 Å². The molecule has 1 aromatic heterocycles. The number of likely N-dealkylation sites (tertiary alicyclic amines) is 1. The molecule has 5 rings (SSSR count). The van der Waals surface area contributed by atoms with Crippen molar-refractivity contribution in [1.82, 2.24) is 9.88 Å². The number of aliphatic hydroxyl groups is 1. The van der Waals surface area contributed by atoms with Crippen LogP contribution in [0.4, 0.5) is 5.82 Å². The van der Waals surface area contributed by atoms with Crippen molar-refractivity contribution in [2.75, 3.05) is 38.2 Å². The normalized spacial score (nSPS) is 30.0. The highest BCUT2D eigenvalue weighted by molar-refractivity contribution is 6.32. The Morgan fingerprint density at radius 3 is 2.63 bits per heavy atom. The third-order valence-corrected chi connectivity index (χ3v) is 8.53. The minimum absolute atomic E-state index is 0.00126. The molecule has 2 N–H and O–H groups in total. The number of pyridine rings is 1. The van der Waals surface area contributed by atoms with Gasteiger partial charge in [0.2, 0.25) is 5.91 Å². The SMILES string of the molecule is CC1(C)C[C@@H](C(=O)Nc2cc3cc(C4CCN([C@@]5(C)COC[C@H]5O)CC4)c(Cl)cc3cn2)CCO1. The first-order valence-electron chi connectivity index (χ1n) is 12.7. The summed E-state index contributed by atoms with van der Waals surface area (Å²) in [7, 11) is 0. The molecule has 0 bridgehead atoms. The van der Waals surface area contributed by atoms with E-state index in [-0.39, 0.29) is 23.0 Å². The van der Waals surface area contributed by atoms with Crippen molar-refractivity contribution in [3.05, 3.63) is 35.0 Å². The lowest BCUT2D eigenvalue weighted by molar-refractivity contribution is -0.130. The van der Waals surface area contributed by atoms with E-state index in [1.807, 2.05) is 26.0 Å². The third kappa shape index (κ3) is 5.07. The predicted molar refractivity (Wildman–Crippen MR) is 137 cm³/mol. The number of aliphatic hydroxyl groups excluding tert-OH is 1. The zero-order valence-corrected chi connectivity index (χ0v) is 21.6. The molecule has 3 saturated heterocycles. The highest BCUT2D eigenvalue weighted by Crippen LogP contribution is 2.39. The Morgan fingerprint density at radius 2 is 1.94 bits per heavy atom. The molecule has 0 radical (unpaired) electrons. The summed E-state index contributed by atoms with van der Waals surface area (Å²) in [5.41, 5.74) is 0.552. The Balaban J connectivity index is 1.29. The maximum Gasteiger partial charge on any atom is 0.228 e. The largest absolute Gasteiger partial charge is 0.389 e. The summed E-state index contributed by atoms with van der Waals surface area (Å²) in [6, 6.07) is 6.08. The lowest BCUT2D eigenvalue weighted by atomic mass is 9.85. The number of aromatic nitrogens is 1. The van der Waals surface area contributed by atoms with Gasteiger partial charge in [-0.25, -0.2) is 4.98 Å². The number of carbonyl (C=O) groups is 1. The molecule has 0 aliphatic carbocycles. The number of rotatable bonds is 4. The van der Waals surface area contributed by atoms with Gasteiger partial charge in [-0.2, -0.15) is 0 Å². The van der Waals surface area contributed by atoms with E-state index in [4.69, 9.17) is 21.1 Å². The van der Waals surface area contributed by atoms with Crippen molar-refractivity contribution in [3.8, 4) is 0 Å². The zero-order chi connectivity index (χ0) is 24.8.